The van der Waals surface area contributed by atoms with Crippen molar-refractivity contribution in [2.24, 2.45) is 7.05 Å². The Kier molecular flexibility index (Phi) is 6.62. The lowest BCUT2D eigenvalue weighted by molar-refractivity contribution is -0.563. The smallest absolute Gasteiger partial charge is 0.344 e. The van der Waals surface area contributed by atoms with Crippen molar-refractivity contribution in [3.05, 3.63) is 112 Å². The molecule has 0 fully saturated rings. The topological polar surface area (TPSA) is 42.8 Å². The summed E-state index contributed by atoms with van der Waals surface area (Å²) in [6, 6.07) is 30.2. The summed E-state index contributed by atoms with van der Waals surface area (Å²) in [4.78, 5) is 13.4. The molecule has 33 heavy (non-hydrogen) atoms. The third-order valence-electron chi connectivity index (χ3n) is 5.60. The van der Waals surface area contributed by atoms with Crippen LogP contribution in [0.3, 0.4) is 0 Å². The molecular weight excluding hydrogens is 496 g/mol. The largest absolute Gasteiger partial charge is 1.00 e. The summed E-state index contributed by atoms with van der Waals surface area (Å²) in [5, 5.41) is 6.46. The molecule has 0 radical (unpaired) electrons. The van der Waals surface area contributed by atoms with Gasteiger partial charge in [0.25, 0.3) is 0 Å². The third kappa shape index (κ3) is 4.17. The summed E-state index contributed by atoms with van der Waals surface area (Å²) >= 11 is 1.58. The summed E-state index contributed by atoms with van der Waals surface area (Å²) in [7, 11) is 1.91. The van der Waals surface area contributed by atoms with Crippen molar-refractivity contribution in [2.75, 3.05) is 5.32 Å². The van der Waals surface area contributed by atoms with Crippen LogP contribution < -0.4 is 32.4 Å². The summed E-state index contributed by atoms with van der Waals surface area (Å²) in [5.74, 6) is 0. The Labute approximate surface area is 207 Å². The Balaban J connectivity index is 0.00000259. The van der Waals surface area contributed by atoms with Gasteiger partial charge in [-0.15, -0.1) is 0 Å². The zero-order chi connectivity index (χ0) is 22.1. The van der Waals surface area contributed by atoms with E-state index in [1.54, 1.807) is 16.0 Å². The van der Waals surface area contributed by atoms with E-state index in [0.717, 1.165) is 33.5 Å². The molecule has 5 nitrogen and oxygen atoms in total. The van der Waals surface area contributed by atoms with Gasteiger partial charge >= 0.3 is 10.7 Å². The van der Waals surface area contributed by atoms with Crippen LogP contribution in [0.5, 0.6) is 0 Å². The fraction of sp³-hybridized carbons (Fsp3) is 0.0769. The molecule has 0 amide bonds. The highest BCUT2D eigenvalue weighted by atomic mass is 79.9. The van der Waals surface area contributed by atoms with E-state index in [2.05, 4.69) is 39.5 Å². The number of halogens is 1. The zero-order valence-corrected chi connectivity index (χ0v) is 20.7. The minimum atomic E-state index is -0.0783. The Bertz CT molecular complexity index is 1420. The monoisotopic (exact) mass is 518 g/mol. The number of benzene rings is 3. The fourth-order valence-electron chi connectivity index (χ4n) is 3.87. The second-order valence-corrected chi connectivity index (χ2v) is 8.38. The molecule has 2 aromatic heterocycles. The van der Waals surface area contributed by atoms with E-state index in [1.807, 2.05) is 85.4 Å². The number of thiazole rings is 1. The average molecular weight is 519 g/mol. The second-order valence-electron chi connectivity index (χ2n) is 7.52. The molecule has 0 atom stereocenters. The maximum Gasteiger partial charge on any atom is 0.344 e. The molecule has 0 saturated heterocycles. The lowest BCUT2D eigenvalue weighted by Crippen LogP contribution is -3.00. The van der Waals surface area contributed by atoms with Gasteiger partial charge in [-0.25, -0.2) is 10.00 Å². The van der Waals surface area contributed by atoms with E-state index in [9.17, 15) is 4.79 Å². The summed E-state index contributed by atoms with van der Waals surface area (Å²) in [5.41, 5.74) is 5.42. The number of para-hydroxylation sites is 2. The molecular formula is C26H23BrN4OS. The predicted octanol–water partition coefficient (Wildman–Crippen LogP) is 2.24. The minimum Gasteiger partial charge on any atom is -1.00 e. The van der Waals surface area contributed by atoms with Crippen LogP contribution in [0.25, 0.3) is 22.6 Å². The van der Waals surface area contributed by atoms with Crippen molar-refractivity contribution in [3.8, 4) is 22.6 Å². The van der Waals surface area contributed by atoms with Gasteiger partial charge in [0, 0.05) is 18.0 Å². The number of anilines is 2. The quantitative estimate of drug-likeness (QED) is 0.362. The molecule has 0 spiro atoms. The standard InChI is InChI=1S/C26H22N4OS.BrH/c1-19-24(25(31)30(28(19)2)22-16-10-5-11-17-22)27-26-29(21-14-8-4-9-15-21)23(18-32-26)20-12-6-3-7-13-20;/h3-18H,1-2H3;1H. The molecule has 0 aliphatic carbocycles. The van der Waals surface area contributed by atoms with Crippen molar-refractivity contribution in [2.45, 2.75) is 6.92 Å². The molecule has 0 aliphatic rings. The first-order valence-corrected chi connectivity index (χ1v) is 11.3. The van der Waals surface area contributed by atoms with Crippen LogP contribution in [0, 0.1) is 6.92 Å². The molecule has 2 heterocycles. The highest BCUT2D eigenvalue weighted by Crippen LogP contribution is 2.28. The van der Waals surface area contributed by atoms with E-state index in [4.69, 9.17) is 0 Å². The van der Waals surface area contributed by atoms with Crippen LogP contribution in [-0.4, -0.2) is 9.36 Å². The highest BCUT2D eigenvalue weighted by molar-refractivity contribution is 7.13. The first kappa shape index (κ1) is 22.8. The SMILES string of the molecule is Cc1c(Nc2scc(-c3ccccc3)[n+]2-c2ccccc2)c(=O)n(-c2ccccc2)n1C.[Br-]. The van der Waals surface area contributed by atoms with Gasteiger partial charge < -0.3 is 17.0 Å². The van der Waals surface area contributed by atoms with E-state index in [0.29, 0.717) is 5.69 Å². The fourth-order valence-corrected chi connectivity index (χ4v) is 4.81. The zero-order valence-electron chi connectivity index (χ0n) is 18.3. The van der Waals surface area contributed by atoms with Gasteiger partial charge in [-0.05, 0) is 31.2 Å². The van der Waals surface area contributed by atoms with Gasteiger partial charge in [0.2, 0.25) is 5.69 Å². The Hall–Kier alpha value is -3.42. The first-order valence-electron chi connectivity index (χ1n) is 10.4. The van der Waals surface area contributed by atoms with Gasteiger partial charge in [-0.2, -0.15) is 4.57 Å². The Morgan fingerprint density at radius 2 is 1.42 bits per heavy atom. The summed E-state index contributed by atoms with van der Waals surface area (Å²) in [6.45, 7) is 1.96. The second kappa shape index (κ2) is 9.60. The van der Waals surface area contributed by atoms with Crippen molar-refractivity contribution in [1.82, 2.24) is 9.36 Å². The number of hydrogen-bond acceptors (Lipinski definition) is 3. The first-order chi connectivity index (χ1) is 15.6. The molecule has 166 valence electrons. The van der Waals surface area contributed by atoms with Gasteiger partial charge in [0.1, 0.15) is 5.69 Å². The lowest BCUT2D eigenvalue weighted by Gasteiger charge is -2.07. The molecule has 0 unspecified atom stereocenters. The van der Waals surface area contributed by atoms with E-state index in [1.165, 1.54) is 0 Å². The summed E-state index contributed by atoms with van der Waals surface area (Å²) < 4.78 is 5.74. The molecule has 0 saturated carbocycles. The molecule has 7 heteroatoms. The molecule has 5 rings (SSSR count). The van der Waals surface area contributed by atoms with Crippen molar-refractivity contribution < 1.29 is 21.5 Å². The number of nitrogens with one attached hydrogen (secondary N) is 1. The van der Waals surface area contributed by atoms with E-state index < -0.39 is 0 Å². The Morgan fingerprint density at radius 1 is 0.848 bits per heavy atom. The number of rotatable bonds is 5. The molecule has 1 N–H and O–H groups in total. The number of aromatic nitrogens is 3. The third-order valence-corrected chi connectivity index (χ3v) is 6.45. The maximum atomic E-state index is 13.4. The van der Waals surface area contributed by atoms with Crippen LogP contribution in [0.1, 0.15) is 5.69 Å². The molecule has 0 aliphatic heterocycles. The minimum absolute atomic E-state index is 0. The lowest BCUT2D eigenvalue weighted by atomic mass is 10.1. The summed E-state index contributed by atoms with van der Waals surface area (Å²) in [6.07, 6.45) is 0. The van der Waals surface area contributed by atoms with E-state index in [-0.39, 0.29) is 22.5 Å². The van der Waals surface area contributed by atoms with Crippen molar-refractivity contribution in [1.29, 1.82) is 0 Å². The molecule has 0 bridgehead atoms. The van der Waals surface area contributed by atoms with Gasteiger partial charge in [-0.1, -0.05) is 78.1 Å². The molecule has 5 aromatic rings. The molecule has 3 aromatic carbocycles. The average Bonchev–Trinajstić information content (AvgIpc) is 3.35. The van der Waals surface area contributed by atoms with Gasteiger partial charge in [0.15, 0.2) is 5.69 Å². The highest BCUT2D eigenvalue weighted by Gasteiger charge is 2.26. The normalized spacial score (nSPS) is 10.6. The van der Waals surface area contributed by atoms with Crippen LogP contribution in [0.2, 0.25) is 0 Å². The van der Waals surface area contributed by atoms with Gasteiger partial charge in [-0.3, -0.25) is 9.48 Å². The van der Waals surface area contributed by atoms with Crippen LogP contribution in [0.4, 0.5) is 10.8 Å². The van der Waals surface area contributed by atoms with Crippen LogP contribution in [0.15, 0.2) is 101 Å². The number of hydrogen-bond donors (Lipinski definition) is 1. The van der Waals surface area contributed by atoms with Gasteiger partial charge in [0.05, 0.1) is 11.4 Å². The van der Waals surface area contributed by atoms with Crippen LogP contribution in [-0.2, 0) is 7.05 Å². The predicted molar refractivity (Wildman–Crippen MR) is 130 cm³/mol. The number of nitrogens with zero attached hydrogens (tertiary/aromatic N) is 3. The van der Waals surface area contributed by atoms with Crippen LogP contribution >= 0.6 is 11.3 Å². The van der Waals surface area contributed by atoms with Crippen molar-refractivity contribution in [3.63, 3.8) is 0 Å². The van der Waals surface area contributed by atoms with E-state index >= 15 is 0 Å². The Morgan fingerprint density at radius 3 is 2.06 bits per heavy atom. The van der Waals surface area contributed by atoms with Crippen molar-refractivity contribution >= 4 is 22.2 Å². The maximum absolute atomic E-state index is 13.4.